The van der Waals surface area contributed by atoms with E-state index in [0.717, 1.165) is 9.65 Å². The van der Waals surface area contributed by atoms with Crippen LogP contribution < -0.4 is 0 Å². The maximum atomic E-state index is 4.20. The maximum absolute atomic E-state index is 4.20. The number of rotatable bonds is 2. The fourth-order valence-corrected chi connectivity index (χ4v) is 0.724. The fourth-order valence-electron chi connectivity index (χ4n) is 0.288. The van der Waals surface area contributed by atoms with Gasteiger partial charge in [0, 0.05) is 5.70 Å². The van der Waals surface area contributed by atoms with E-state index in [1.807, 2.05) is 6.26 Å². The van der Waals surface area contributed by atoms with E-state index in [9.17, 15) is 0 Å². The van der Waals surface area contributed by atoms with E-state index in [1.165, 1.54) is 0 Å². The first kappa shape index (κ1) is 10.2. The highest BCUT2D eigenvalue weighted by Crippen LogP contribution is 2.13. The van der Waals surface area contributed by atoms with Crippen molar-refractivity contribution in [3.05, 3.63) is 12.3 Å². The average molecular weight is 222 g/mol. The lowest BCUT2D eigenvalue weighted by molar-refractivity contribution is 0.764. The zero-order chi connectivity index (χ0) is 8.15. The summed E-state index contributed by atoms with van der Waals surface area (Å²) in [7, 11) is 0. The van der Waals surface area contributed by atoms with Gasteiger partial charge in [-0.05, 0) is 28.1 Å². The monoisotopic (exact) mass is 221 g/mol. The third-order valence-corrected chi connectivity index (χ3v) is 2.64. The van der Waals surface area contributed by atoms with Gasteiger partial charge < -0.3 is 0 Å². The molecule has 0 N–H and O–H groups in total. The average Bonchev–Trinajstić information content (AvgIpc) is 1.87. The Bertz CT molecular complexity index is 152. The second-order valence-corrected chi connectivity index (χ2v) is 4.29. The molecule has 0 unspecified atom stereocenters. The lowest BCUT2D eigenvalue weighted by Crippen LogP contribution is -1.89. The van der Waals surface area contributed by atoms with Crippen molar-refractivity contribution < 1.29 is 0 Å². The molecule has 0 heterocycles. The number of halogens is 1. The fraction of sp³-hybridized carbons (Fsp3) is 0.571. The van der Waals surface area contributed by atoms with Crippen LogP contribution >= 0.6 is 27.7 Å². The van der Waals surface area contributed by atoms with Crippen LogP contribution in [0.5, 0.6) is 0 Å². The Labute approximate surface area is 75.1 Å². The molecule has 0 aliphatic carbocycles. The van der Waals surface area contributed by atoms with E-state index in [0.29, 0.717) is 5.92 Å². The molecule has 58 valence electrons. The molecule has 3 heteroatoms. The molecule has 0 aromatic carbocycles. The Balaban J connectivity index is 4.00. The highest BCUT2D eigenvalue weighted by atomic mass is 79.9. The predicted molar refractivity (Wildman–Crippen MR) is 53.9 cm³/mol. The Morgan fingerprint density at radius 3 is 2.40 bits per heavy atom. The molecule has 0 saturated heterocycles. The van der Waals surface area contributed by atoms with Crippen molar-refractivity contribution in [3.8, 4) is 0 Å². The quantitative estimate of drug-likeness (QED) is 0.516. The summed E-state index contributed by atoms with van der Waals surface area (Å²) in [4.78, 5) is 4.20. The van der Waals surface area contributed by atoms with Crippen molar-refractivity contribution in [2.45, 2.75) is 13.8 Å². The molecule has 0 radical (unpaired) electrons. The third kappa shape index (κ3) is 4.12. The van der Waals surface area contributed by atoms with Crippen molar-refractivity contribution in [1.29, 1.82) is 0 Å². The van der Waals surface area contributed by atoms with E-state index >= 15 is 0 Å². The van der Waals surface area contributed by atoms with Crippen LogP contribution in [-0.4, -0.2) is 10.2 Å². The Morgan fingerprint density at radius 1 is 1.60 bits per heavy atom. The summed E-state index contributed by atoms with van der Waals surface area (Å²) in [5.41, 5.74) is 0.918. The van der Waals surface area contributed by atoms with E-state index in [4.69, 9.17) is 0 Å². The van der Waals surface area contributed by atoms with Crippen molar-refractivity contribution in [2.75, 3.05) is 6.26 Å². The Morgan fingerprint density at radius 2 is 2.10 bits per heavy atom. The molecule has 0 aromatic rings. The van der Waals surface area contributed by atoms with Crippen LogP contribution in [0.3, 0.4) is 0 Å². The van der Waals surface area contributed by atoms with Gasteiger partial charge in [0.1, 0.15) is 3.95 Å². The van der Waals surface area contributed by atoms with Gasteiger partial charge in [0.15, 0.2) is 0 Å². The molecule has 1 nitrogen and oxygen atoms in total. The molecule has 0 saturated carbocycles. The summed E-state index contributed by atoms with van der Waals surface area (Å²) in [5, 5.41) is 0. The van der Waals surface area contributed by atoms with Gasteiger partial charge in [0.2, 0.25) is 0 Å². The van der Waals surface area contributed by atoms with Gasteiger partial charge in [-0.2, -0.15) is 0 Å². The first-order valence-electron chi connectivity index (χ1n) is 3.05. The first-order valence-corrected chi connectivity index (χ1v) is 5.06. The zero-order valence-electron chi connectivity index (χ0n) is 6.52. The lowest BCUT2D eigenvalue weighted by atomic mass is 10.2. The van der Waals surface area contributed by atoms with Crippen LogP contribution in [-0.2, 0) is 0 Å². The van der Waals surface area contributed by atoms with Gasteiger partial charge in [-0.1, -0.05) is 20.4 Å². The molecule has 0 spiro atoms. The zero-order valence-corrected chi connectivity index (χ0v) is 8.92. The number of thioether (sulfide) groups is 1. The molecule has 0 rings (SSSR count). The number of nitrogens with zero attached hydrogens (tertiary/aromatic N) is 1. The number of hydrogen-bond acceptors (Lipinski definition) is 2. The minimum Gasteiger partial charge on any atom is -0.239 e. The van der Waals surface area contributed by atoms with Crippen LogP contribution in [0, 0.1) is 5.92 Å². The Hall–Kier alpha value is 0.240. The topological polar surface area (TPSA) is 12.4 Å². The van der Waals surface area contributed by atoms with Crippen LogP contribution in [0.4, 0.5) is 0 Å². The van der Waals surface area contributed by atoms with E-state index in [2.05, 4.69) is 41.3 Å². The lowest BCUT2D eigenvalue weighted by Gasteiger charge is -2.02. The molecule has 0 atom stereocenters. The van der Waals surface area contributed by atoms with Crippen molar-refractivity contribution in [3.63, 3.8) is 0 Å². The molecule has 0 fully saturated rings. The number of hydrogen-bond donors (Lipinski definition) is 0. The highest BCUT2D eigenvalue weighted by molar-refractivity contribution is 9.22. The molecule has 0 amide bonds. The summed E-state index contributed by atoms with van der Waals surface area (Å²) in [6.45, 7) is 7.96. The van der Waals surface area contributed by atoms with Gasteiger partial charge in [-0.25, -0.2) is 4.99 Å². The second kappa shape index (κ2) is 4.97. The first-order chi connectivity index (χ1) is 4.57. The minimum atomic E-state index is 0.430. The standard InChI is InChI=1S/C7H12BrNS/c1-5(2)6(3)9-7(8)10-4/h5H,3H2,1-2,4H3. The number of aliphatic imine (C=N–C) groups is 1. The van der Waals surface area contributed by atoms with Crippen LogP contribution in [0.15, 0.2) is 17.3 Å². The molecular formula is C7H12BrNS. The third-order valence-electron chi connectivity index (χ3n) is 1.07. The van der Waals surface area contributed by atoms with Crippen molar-refractivity contribution >= 4 is 31.6 Å². The Kier molecular flexibility index (Phi) is 5.09. The van der Waals surface area contributed by atoms with Crippen LogP contribution in [0.25, 0.3) is 0 Å². The van der Waals surface area contributed by atoms with Gasteiger partial charge in [0.25, 0.3) is 0 Å². The van der Waals surface area contributed by atoms with E-state index in [-0.39, 0.29) is 0 Å². The van der Waals surface area contributed by atoms with Crippen LogP contribution in [0.1, 0.15) is 13.8 Å². The summed E-state index contributed by atoms with van der Waals surface area (Å²) in [6, 6.07) is 0. The minimum absolute atomic E-state index is 0.430. The van der Waals surface area contributed by atoms with Crippen molar-refractivity contribution in [2.24, 2.45) is 10.9 Å². The number of allylic oxidation sites excluding steroid dienone is 1. The van der Waals surface area contributed by atoms with Crippen molar-refractivity contribution in [1.82, 2.24) is 0 Å². The largest absolute Gasteiger partial charge is 0.239 e. The van der Waals surface area contributed by atoms with Gasteiger partial charge in [-0.15, -0.1) is 11.8 Å². The molecule has 0 aliphatic rings. The molecule has 0 aromatic heterocycles. The smallest absolute Gasteiger partial charge is 0.139 e. The van der Waals surface area contributed by atoms with Crippen LogP contribution in [0.2, 0.25) is 0 Å². The second-order valence-electron chi connectivity index (χ2n) is 2.21. The van der Waals surface area contributed by atoms with E-state index < -0.39 is 0 Å². The summed E-state index contributed by atoms with van der Waals surface area (Å²) < 4.78 is 0.895. The van der Waals surface area contributed by atoms with Gasteiger partial charge in [-0.3, -0.25) is 0 Å². The normalized spacial score (nSPS) is 12.3. The summed E-state index contributed by atoms with van der Waals surface area (Å²) in [6.07, 6.45) is 1.97. The maximum Gasteiger partial charge on any atom is 0.139 e. The van der Waals surface area contributed by atoms with E-state index in [1.54, 1.807) is 11.8 Å². The molecule has 0 bridgehead atoms. The molecular weight excluding hydrogens is 210 g/mol. The molecule has 10 heavy (non-hydrogen) atoms. The molecule has 0 aliphatic heterocycles. The summed E-state index contributed by atoms with van der Waals surface area (Å²) >= 11 is 4.87. The van der Waals surface area contributed by atoms with Gasteiger partial charge in [0.05, 0.1) is 0 Å². The van der Waals surface area contributed by atoms with Gasteiger partial charge >= 0.3 is 0 Å². The summed E-state index contributed by atoms with van der Waals surface area (Å²) in [5.74, 6) is 0.430. The SMILES string of the molecule is C=C(N=C(Br)SC)C(C)C. The highest BCUT2D eigenvalue weighted by Gasteiger charge is 1.97. The predicted octanol–water partition coefficient (Wildman–Crippen LogP) is 3.27.